The summed E-state index contributed by atoms with van der Waals surface area (Å²) in [5, 5.41) is 28.2. The summed E-state index contributed by atoms with van der Waals surface area (Å²) in [6, 6.07) is 4.23. The Labute approximate surface area is 181 Å². The Morgan fingerprint density at radius 3 is 2.65 bits per heavy atom. The van der Waals surface area contributed by atoms with Crippen LogP contribution in [0, 0.1) is 5.92 Å². The van der Waals surface area contributed by atoms with Crippen LogP contribution >= 0.6 is 0 Å². The van der Waals surface area contributed by atoms with E-state index in [0.717, 1.165) is 52.8 Å². The van der Waals surface area contributed by atoms with E-state index in [4.69, 9.17) is 0 Å². The van der Waals surface area contributed by atoms with E-state index >= 15 is 0 Å². The SMILES string of the molecule is CC(C)CN1C(=O)C(CCO)(CCO)c2cc3[nH]c4c(c3cc21)CCCc1cn[nH]c1-4. The van der Waals surface area contributed by atoms with Crippen LogP contribution in [0.3, 0.4) is 0 Å². The number of aryl methyl sites for hydroxylation is 2. The highest BCUT2D eigenvalue weighted by Crippen LogP contribution is 2.49. The second-order valence-corrected chi connectivity index (χ2v) is 9.36. The fourth-order valence-corrected chi connectivity index (χ4v) is 5.56. The number of carbonyl (C=O) groups excluding carboxylic acids is 1. The fourth-order valence-electron chi connectivity index (χ4n) is 5.56. The number of aliphatic hydroxyl groups excluding tert-OH is 2. The number of hydrogen-bond donors (Lipinski definition) is 4. The average Bonchev–Trinajstić information content (AvgIpc) is 3.36. The summed E-state index contributed by atoms with van der Waals surface area (Å²) in [5.74, 6) is 0.302. The largest absolute Gasteiger partial charge is 0.396 e. The van der Waals surface area contributed by atoms with Crippen molar-refractivity contribution in [3.8, 4) is 11.4 Å². The monoisotopic (exact) mass is 422 g/mol. The summed E-state index contributed by atoms with van der Waals surface area (Å²) in [5.41, 5.74) is 6.56. The van der Waals surface area contributed by atoms with Gasteiger partial charge in [-0.15, -0.1) is 0 Å². The van der Waals surface area contributed by atoms with Gasteiger partial charge >= 0.3 is 0 Å². The Kier molecular flexibility index (Phi) is 4.90. The van der Waals surface area contributed by atoms with Gasteiger partial charge in [0.25, 0.3) is 0 Å². The van der Waals surface area contributed by atoms with E-state index in [9.17, 15) is 15.0 Å². The first-order valence-electron chi connectivity index (χ1n) is 11.3. The number of aliphatic hydroxyl groups is 2. The highest BCUT2D eigenvalue weighted by molar-refractivity contribution is 6.11. The highest BCUT2D eigenvalue weighted by atomic mass is 16.3. The van der Waals surface area contributed by atoms with Gasteiger partial charge in [-0.2, -0.15) is 5.10 Å². The molecule has 1 amide bonds. The predicted molar refractivity (Wildman–Crippen MR) is 120 cm³/mol. The van der Waals surface area contributed by atoms with Crippen LogP contribution in [-0.4, -0.2) is 51.1 Å². The first kappa shape index (κ1) is 20.3. The number of aromatic amines is 2. The molecule has 0 spiro atoms. The minimum atomic E-state index is -0.885. The molecule has 0 radical (unpaired) electrons. The van der Waals surface area contributed by atoms with Crippen molar-refractivity contribution < 1.29 is 15.0 Å². The van der Waals surface area contributed by atoms with Gasteiger partial charge in [0, 0.05) is 36.3 Å². The van der Waals surface area contributed by atoms with Crippen molar-refractivity contribution in [2.24, 2.45) is 5.92 Å². The molecule has 0 saturated heterocycles. The van der Waals surface area contributed by atoms with Crippen molar-refractivity contribution in [1.29, 1.82) is 0 Å². The van der Waals surface area contributed by atoms with Gasteiger partial charge in [-0.25, -0.2) is 0 Å². The van der Waals surface area contributed by atoms with Crippen LogP contribution in [0.4, 0.5) is 5.69 Å². The van der Waals surface area contributed by atoms with E-state index in [2.05, 4.69) is 41.2 Å². The smallest absolute Gasteiger partial charge is 0.237 e. The molecule has 2 aliphatic rings. The molecular weight excluding hydrogens is 392 g/mol. The fraction of sp³-hybridized carbons (Fsp3) is 0.500. The number of hydrogen-bond acceptors (Lipinski definition) is 4. The third-order valence-electron chi connectivity index (χ3n) is 6.95. The molecule has 0 bridgehead atoms. The van der Waals surface area contributed by atoms with Crippen molar-refractivity contribution in [2.75, 3.05) is 24.7 Å². The molecule has 2 aromatic heterocycles. The maximum absolute atomic E-state index is 13.7. The number of amides is 1. The Hall–Kier alpha value is -2.64. The van der Waals surface area contributed by atoms with E-state index < -0.39 is 5.41 Å². The molecule has 5 rings (SSSR count). The lowest BCUT2D eigenvalue weighted by molar-refractivity contribution is -0.124. The van der Waals surface area contributed by atoms with Crippen LogP contribution in [-0.2, 0) is 23.1 Å². The summed E-state index contributed by atoms with van der Waals surface area (Å²) in [4.78, 5) is 19.1. The van der Waals surface area contributed by atoms with Crippen LogP contribution in [0.2, 0.25) is 0 Å². The quantitative estimate of drug-likeness (QED) is 0.490. The molecule has 0 unspecified atom stereocenters. The third-order valence-corrected chi connectivity index (χ3v) is 6.95. The van der Waals surface area contributed by atoms with Gasteiger partial charge in [-0.05, 0) is 66.8 Å². The molecule has 31 heavy (non-hydrogen) atoms. The van der Waals surface area contributed by atoms with Gasteiger partial charge in [0.15, 0.2) is 0 Å². The number of nitrogens with zero attached hydrogens (tertiary/aromatic N) is 2. The lowest BCUT2D eigenvalue weighted by atomic mass is 9.76. The van der Waals surface area contributed by atoms with E-state index in [-0.39, 0.29) is 19.1 Å². The van der Waals surface area contributed by atoms with Crippen molar-refractivity contribution in [3.63, 3.8) is 0 Å². The summed E-state index contributed by atoms with van der Waals surface area (Å²) in [6.07, 6.45) is 5.54. The van der Waals surface area contributed by atoms with Crippen molar-refractivity contribution in [1.82, 2.24) is 15.2 Å². The van der Waals surface area contributed by atoms with Gasteiger partial charge in [-0.1, -0.05) is 13.8 Å². The molecule has 0 atom stereocenters. The van der Waals surface area contributed by atoms with Crippen molar-refractivity contribution >= 4 is 22.5 Å². The zero-order valence-corrected chi connectivity index (χ0v) is 18.2. The number of carbonyl (C=O) groups is 1. The van der Waals surface area contributed by atoms with Gasteiger partial charge in [-0.3, -0.25) is 9.89 Å². The van der Waals surface area contributed by atoms with E-state index in [1.807, 2.05) is 11.1 Å². The minimum Gasteiger partial charge on any atom is -0.396 e. The molecule has 3 aromatic rings. The number of anilines is 1. The molecule has 4 N–H and O–H groups in total. The molecule has 0 saturated carbocycles. The van der Waals surface area contributed by atoms with Gasteiger partial charge in [0.1, 0.15) is 0 Å². The van der Waals surface area contributed by atoms with E-state index in [1.54, 1.807) is 0 Å². The first-order chi connectivity index (χ1) is 15.0. The Morgan fingerprint density at radius 2 is 1.94 bits per heavy atom. The Balaban J connectivity index is 1.75. The zero-order chi connectivity index (χ0) is 21.8. The van der Waals surface area contributed by atoms with E-state index in [0.29, 0.717) is 25.3 Å². The predicted octanol–water partition coefficient (Wildman–Crippen LogP) is 3.05. The topological polar surface area (TPSA) is 105 Å². The molecule has 0 fully saturated rings. The minimum absolute atomic E-state index is 0.00565. The molecular formula is C24H30N4O3. The highest BCUT2D eigenvalue weighted by Gasteiger charge is 2.50. The van der Waals surface area contributed by atoms with Crippen molar-refractivity contribution in [3.05, 3.63) is 35.0 Å². The molecule has 164 valence electrons. The van der Waals surface area contributed by atoms with Gasteiger partial charge in [0.05, 0.1) is 23.0 Å². The second-order valence-electron chi connectivity index (χ2n) is 9.36. The molecule has 7 heteroatoms. The zero-order valence-electron chi connectivity index (χ0n) is 18.2. The summed E-state index contributed by atoms with van der Waals surface area (Å²) in [7, 11) is 0. The molecule has 1 aromatic carbocycles. The number of H-pyrrole nitrogens is 2. The van der Waals surface area contributed by atoms with E-state index in [1.165, 1.54) is 11.1 Å². The lowest BCUT2D eigenvalue weighted by Gasteiger charge is -2.28. The van der Waals surface area contributed by atoms with Crippen LogP contribution in [0.15, 0.2) is 18.3 Å². The number of rotatable bonds is 6. The Morgan fingerprint density at radius 1 is 1.16 bits per heavy atom. The summed E-state index contributed by atoms with van der Waals surface area (Å²) < 4.78 is 0. The normalized spacial score (nSPS) is 17.2. The number of fused-ring (bicyclic) bond motifs is 6. The average molecular weight is 423 g/mol. The maximum atomic E-state index is 13.7. The van der Waals surface area contributed by atoms with Crippen LogP contribution in [0.5, 0.6) is 0 Å². The molecule has 1 aliphatic heterocycles. The lowest BCUT2D eigenvalue weighted by Crippen LogP contribution is -2.43. The Bertz CT molecular complexity index is 1140. The van der Waals surface area contributed by atoms with Crippen LogP contribution in [0.25, 0.3) is 22.3 Å². The number of aromatic nitrogens is 3. The number of nitrogens with one attached hydrogen (secondary N) is 2. The van der Waals surface area contributed by atoms with Crippen LogP contribution < -0.4 is 4.90 Å². The molecule has 7 nitrogen and oxygen atoms in total. The first-order valence-corrected chi connectivity index (χ1v) is 11.3. The summed E-state index contributed by atoms with van der Waals surface area (Å²) >= 11 is 0. The van der Waals surface area contributed by atoms with Gasteiger partial charge in [0.2, 0.25) is 5.91 Å². The number of benzene rings is 1. The van der Waals surface area contributed by atoms with Crippen LogP contribution in [0.1, 0.15) is 49.8 Å². The maximum Gasteiger partial charge on any atom is 0.237 e. The summed E-state index contributed by atoms with van der Waals surface area (Å²) in [6.45, 7) is 4.62. The molecule has 3 heterocycles. The third kappa shape index (κ3) is 2.94. The standard InChI is InChI=1S/C24H30N4O3/c1-14(2)13-28-20-10-17-16-5-3-4-15-12-25-27-21(15)22(16)26-19(17)11-18(20)24(6-8-29,7-9-30)23(28)31/h10-12,14,26,29-30H,3-9,13H2,1-2H3,(H,25,27). The molecule has 1 aliphatic carbocycles. The van der Waals surface area contributed by atoms with Crippen molar-refractivity contribution in [2.45, 2.75) is 51.4 Å². The second kappa shape index (κ2) is 7.50. The van der Waals surface area contributed by atoms with Gasteiger partial charge < -0.3 is 20.1 Å².